The predicted octanol–water partition coefficient (Wildman–Crippen LogP) is 5.12. The summed E-state index contributed by atoms with van der Waals surface area (Å²) in [6, 6.07) is 8.06. The standard InChI is InChI=1S/C24H28N4O3S2/c1-4-28-21(16-11-9-8-10-15(16)2)26-27-24(28)32-14-19(29)25-22-20(23(30)31-3)17-12-6-5-7-13-18(17)33-22/h8-11H,4-7,12-14H2,1-3H3,(H,25,29). The molecule has 0 aliphatic heterocycles. The second kappa shape index (κ2) is 10.5. The number of methoxy groups -OCH3 is 1. The normalized spacial score (nSPS) is 13.3. The highest BCUT2D eigenvalue weighted by Gasteiger charge is 2.26. The maximum atomic E-state index is 12.8. The van der Waals surface area contributed by atoms with Crippen LogP contribution in [0, 0.1) is 6.92 Å². The number of ether oxygens (including phenoxy) is 1. The van der Waals surface area contributed by atoms with Crippen LogP contribution in [-0.2, 0) is 28.9 Å². The summed E-state index contributed by atoms with van der Waals surface area (Å²) in [4.78, 5) is 26.5. The Bertz CT molecular complexity index is 1170. The molecule has 0 fully saturated rings. The van der Waals surface area contributed by atoms with E-state index in [9.17, 15) is 9.59 Å². The van der Waals surface area contributed by atoms with Crippen molar-refractivity contribution in [2.75, 3.05) is 18.2 Å². The van der Waals surface area contributed by atoms with Crippen LogP contribution in [-0.4, -0.2) is 39.5 Å². The molecule has 1 aliphatic carbocycles. The molecule has 1 aromatic carbocycles. The van der Waals surface area contributed by atoms with Crippen molar-refractivity contribution in [3.8, 4) is 11.4 Å². The number of aromatic nitrogens is 3. The van der Waals surface area contributed by atoms with Crippen molar-refractivity contribution < 1.29 is 14.3 Å². The maximum Gasteiger partial charge on any atom is 0.341 e. The van der Waals surface area contributed by atoms with Gasteiger partial charge in [0, 0.05) is 17.0 Å². The minimum atomic E-state index is -0.383. The Balaban J connectivity index is 1.50. The topological polar surface area (TPSA) is 86.1 Å². The number of esters is 1. The Morgan fingerprint density at radius 2 is 1.97 bits per heavy atom. The van der Waals surface area contributed by atoms with Gasteiger partial charge in [-0.1, -0.05) is 42.4 Å². The summed E-state index contributed by atoms with van der Waals surface area (Å²) < 4.78 is 7.05. The lowest BCUT2D eigenvalue weighted by Gasteiger charge is -2.09. The quantitative estimate of drug-likeness (QED) is 0.285. The lowest BCUT2D eigenvalue weighted by molar-refractivity contribution is -0.113. The van der Waals surface area contributed by atoms with E-state index in [2.05, 4.69) is 15.5 Å². The van der Waals surface area contributed by atoms with Gasteiger partial charge in [-0.05, 0) is 50.7 Å². The fourth-order valence-electron chi connectivity index (χ4n) is 4.15. The van der Waals surface area contributed by atoms with Crippen LogP contribution in [0.5, 0.6) is 0 Å². The van der Waals surface area contributed by atoms with E-state index in [-0.39, 0.29) is 17.6 Å². The maximum absolute atomic E-state index is 12.8. The number of amides is 1. The molecule has 33 heavy (non-hydrogen) atoms. The first kappa shape index (κ1) is 23.5. The number of hydrogen-bond donors (Lipinski definition) is 1. The average molecular weight is 485 g/mol. The minimum absolute atomic E-state index is 0.176. The van der Waals surface area contributed by atoms with Gasteiger partial charge in [-0.2, -0.15) is 0 Å². The van der Waals surface area contributed by atoms with Gasteiger partial charge >= 0.3 is 5.97 Å². The van der Waals surface area contributed by atoms with Crippen molar-refractivity contribution in [3.63, 3.8) is 0 Å². The van der Waals surface area contributed by atoms with Crippen molar-refractivity contribution in [2.24, 2.45) is 0 Å². The first-order valence-corrected chi connectivity index (χ1v) is 13.0. The van der Waals surface area contributed by atoms with Crippen LogP contribution in [0.2, 0.25) is 0 Å². The molecule has 3 aromatic rings. The van der Waals surface area contributed by atoms with Crippen molar-refractivity contribution >= 4 is 40.0 Å². The van der Waals surface area contributed by atoms with E-state index in [1.165, 1.54) is 35.1 Å². The number of carbonyl (C=O) groups excluding carboxylic acids is 2. The minimum Gasteiger partial charge on any atom is -0.465 e. The van der Waals surface area contributed by atoms with E-state index < -0.39 is 0 Å². The van der Waals surface area contributed by atoms with E-state index in [1.807, 2.05) is 42.7 Å². The van der Waals surface area contributed by atoms with E-state index >= 15 is 0 Å². The molecule has 0 bridgehead atoms. The summed E-state index contributed by atoms with van der Waals surface area (Å²) in [5.41, 5.74) is 3.73. The van der Waals surface area contributed by atoms with Crippen LogP contribution < -0.4 is 5.32 Å². The van der Waals surface area contributed by atoms with Gasteiger partial charge < -0.3 is 14.6 Å². The van der Waals surface area contributed by atoms with E-state index in [0.29, 0.717) is 22.3 Å². The Morgan fingerprint density at radius 1 is 1.18 bits per heavy atom. The van der Waals surface area contributed by atoms with Gasteiger partial charge in [0.1, 0.15) is 5.00 Å². The third kappa shape index (κ3) is 4.99. The highest BCUT2D eigenvalue weighted by atomic mass is 32.2. The zero-order valence-corrected chi connectivity index (χ0v) is 20.8. The zero-order chi connectivity index (χ0) is 23.4. The van der Waals surface area contributed by atoms with Gasteiger partial charge in [0.2, 0.25) is 5.91 Å². The summed E-state index contributed by atoms with van der Waals surface area (Å²) in [5, 5.41) is 13.0. The number of fused-ring (bicyclic) bond motifs is 1. The van der Waals surface area contributed by atoms with Crippen molar-refractivity contribution in [2.45, 2.75) is 57.7 Å². The van der Waals surface area contributed by atoms with Crippen LogP contribution in [0.1, 0.15) is 52.5 Å². The second-order valence-electron chi connectivity index (χ2n) is 7.96. The summed E-state index contributed by atoms with van der Waals surface area (Å²) in [5.74, 6) is 0.416. The molecule has 1 aliphatic rings. The first-order chi connectivity index (χ1) is 16.0. The molecule has 0 saturated heterocycles. The van der Waals surface area contributed by atoms with Gasteiger partial charge in [0.15, 0.2) is 11.0 Å². The Labute approximate surface area is 201 Å². The number of thioether (sulfide) groups is 1. The number of nitrogens with zero attached hydrogens (tertiary/aromatic N) is 3. The number of rotatable bonds is 7. The Morgan fingerprint density at radius 3 is 2.73 bits per heavy atom. The monoisotopic (exact) mass is 484 g/mol. The molecule has 0 atom stereocenters. The van der Waals surface area contributed by atoms with Crippen LogP contribution >= 0.6 is 23.1 Å². The molecule has 0 radical (unpaired) electrons. The van der Waals surface area contributed by atoms with Gasteiger partial charge in [0.05, 0.1) is 18.4 Å². The molecule has 174 valence electrons. The number of thiophene rings is 1. The van der Waals surface area contributed by atoms with Crippen LogP contribution in [0.25, 0.3) is 11.4 Å². The SMILES string of the molecule is CCn1c(SCC(=O)Nc2sc3c(c2C(=O)OC)CCCCC3)nnc1-c1ccccc1C. The summed E-state index contributed by atoms with van der Waals surface area (Å²) in [7, 11) is 1.38. The van der Waals surface area contributed by atoms with Crippen LogP contribution in [0.4, 0.5) is 5.00 Å². The lowest BCUT2D eigenvalue weighted by atomic mass is 10.1. The summed E-state index contributed by atoms with van der Waals surface area (Å²) >= 11 is 2.85. The number of nitrogens with one attached hydrogen (secondary N) is 1. The van der Waals surface area contributed by atoms with E-state index in [0.717, 1.165) is 54.6 Å². The Hall–Kier alpha value is -2.65. The number of benzene rings is 1. The van der Waals surface area contributed by atoms with E-state index in [1.54, 1.807) is 0 Å². The first-order valence-electron chi connectivity index (χ1n) is 11.2. The second-order valence-corrected chi connectivity index (χ2v) is 10.0. The highest BCUT2D eigenvalue weighted by Crippen LogP contribution is 2.38. The molecule has 0 spiro atoms. The molecule has 4 rings (SSSR count). The highest BCUT2D eigenvalue weighted by molar-refractivity contribution is 7.99. The van der Waals surface area contributed by atoms with E-state index in [4.69, 9.17) is 4.74 Å². The van der Waals surface area contributed by atoms with Crippen LogP contribution in [0.3, 0.4) is 0 Å². The molecule has 2 heterocycles. The Kier molecular flexibility index (Phi) is 7.49. The molecule has 0 saturated carbocycles. The fourth-order valence-corrected chi connectivity index (χ4v) is 6.24. The van der Waals surface area contributed by atoms with Crippen LogP contribution in [0.15, 0.2) is 29.4 Å². The number of anilines is 1. The number of carbonyl (C=O) groups is 2. The molecule has 7 nitrogen and oxygen atoms in total. The fraction of sp³-hybridized carbons (Fsp3) is 0.417. The van der Waals surface area contributed by atoms with Gasteiger partial charge in [-0.25, -0.2) is 4.79 Å². The van der Waals surface area contributed by atoms with Crippen molar-refractivity contribution in [1.29, 1.82) is 0 Å². The smallest absolute Gasteiger partial charge is 0.341 e. The molecule has 0 unspecified atom stereocenters. The third-order valence-corrected chi connectivity index (χ3v) is 7.99. The average Bonchev–Trinajstić information content (AvgIpc) is 3.29. The van der Waals surface area contributed by atoms with Crippen molar-refractivity contribution in [3.05, 3.63) is 45.8 Å². The molecular weight excluding hydrogens is 456 g/mol. The van der Waals surface area contributed by atoms with Gasteiger partial charge in [-0.15, -0.1) is 21.5 Å². The molecule has 1 amide bonds. The summed E-state index contributed by atoms with van der Waals surface area (Å²) in [6.45, 7) is 4.78. The predicted molar refractivity (Wildman–Crippen MR) is 132 cm³/mol. The van der Waals surface area contributed by atoms with Gasteiger partial charge in [-0.3, -0.25) is 4.79 Å². The zero-order valence-electron chi connectivity index (χ0n) is 19.1. The third-order valence-electron chi connectivity index (χ3n) is 5.82. The molecular formula is C24H28N4O3S2. The number of hydrogen-bond acceptors (Lipinski definition) is 7. The molecule has 9 heteroatoms. The molecule has 2 aromatic heterocycles. The van der Waals surface area contributed by atoms with Crippen molar-refractivity contribution in [1.82, 2.24) is 14.8 Å². The molecule has 1 N–H and O–H groups in total. The summed E-state index contributed by atoms with van der Waals surface area (Å²) in [6.07, 6.45) is 5.10. The largest absolute Gasteiger partial charge is 0.465 e. The lowest BCUT2D eigenvalue weighted by Crippen LogP contribution is -2.16. The number of aryl methyl sites for hydroxylation is 2. The van der Waals surface area contributed by atoms with Gasteiger partial charge in [0.25, 0.3) is 0 Å².